The van der Waals surface area contributed by atoms with Gasteiger partial charge >= 0.3 is 0 Å². The molecule has 0 aromatic carbocycles. The Labute approximate surface area is 123 Å². The maximum atomic E-state index is 12.5. The lowest BCUT2D eigenvalue weighted by molar-refractivity contribution is 0.259. The minimum atomic E-state index is -3.31. The van der Waals surface area contributed by atoms with Crippen molar-refractivity contribution in [2.45, 2.75) is 52.0 Å². The quantitative estimate of drug-likeness (QED) is 0.805. The maximum Gasteiger partial charge on any atom is 0.279 e. The lowest BCUT2D eigenvalue weighted by Crippen LogP contribution is -2.49. The molecule has 2 atom stereocenters. The SMILES string of the molecule is CNCC1CCCN(S(=O)(=O)NC2CCC(C)(C)C2)C1. The highest BCUT2D eigenvalue weighted by Gasteiger charge is 2.36. The van der Waals surface area contributed by atoms with Gasteiger partial charge in [-0.15, -0.1) is 0 Å². The second-order valence-corrected chi connectivity index (χ2v) is 8.85. The van der Waals surface area contributed by atoms with Crippen molar-refractivity contribution in [3.05, 3.63) is 0 Å². The summed E-state index contributed by atoms with van der Waals surface area (Å²) in [5.41, 5.74) is 0.268. The van der Waals surface area contributed by atoms with Crippen LogP contribution in [-0.4, -0.2) is 45.4 Å². The first-order chi connectivity index (χ1) is 9.32. The molecule has 6 heteroatoms. The molecule has 5 nitrogen and oxygen atoms in total. The van der Waals surface area contributed by atoms with Gasteiger partial charge in [-0.25, -0.2) is 0 Å². The zero-order valence-electron chi connectivity index (χ0n) is 13.0. The lowest BCUT2D eigenvalue weighted by atomic mass is 9.92. The normalized spacial score (nSPS) is 31.6. The van der Waals surface area contributed by atoms with Gasteiger partial charge in [-0.1, -0.05) is 13.8 Å². The molecule has 2 rings (SSSR count). The van der Waals surface area contributed by atoms with Crippen LogP contribution in [0.3, 0.4) is 0 Å². The molecular formula is C14H29N3O2S. The summed E-state index contributed by atoms with van der Waals surface area (Å²) in [6.45, 7) is 6.62. The Hall–Kier alpha value is -0.170. The largest absolute Gasteiger partial charge is 0.319 e. The fourth-order valence-corrected chi connectivity index (χ4v) is 5.07. The van der Waals surface area contributed by atoms with Gasteiger partial charge in [0.2, 0.25) is 0 Å². The van der Waals surface area contributed by atoms with Crippen LogP contribution in [0.15, 0.2) is 0 Å². The number of piperidine rings is 1. The Balaban J connectivity index is 1.93. The van der Waals surface area contributed by atoms with E-state index in [2.05, 4.69) is 23.9 Å². The summed E-state index contributed by atoms with van der Waals surface area (Å²) >= 11 is 0. The van der Waals surface area contributed by atoms with Crippen molar-refractivity contribution in [2.75, 3.05) is 26.7 Å². The van der Waals surface area contributed by atoms with Crippen molar-refractivity contribution in [1.29, 1.82) is 0 Å². The van der Waals surface area contributed by atoms with Crippen molar-refractivity contribution >= 4 is 10.2 Å². The number of hydrogen-bond donors (Lipinski definition) is 2. The van der Waals surface area contributed by atoms with Crippen LogP contribution in [-0.2, 0) is 10.2 Å². The monoisotopic (exact) mass is 303 g/mol. The number of nitrogens with one attached hydrogen (secondary N) is 2. The molecule has 1 aliphatic carbocycles. The predicted octanol–water partition coefficient (Wildman–Crippen LogP) is 1.33. The van der Waals surface area contributed by atoms with E-state index >= 15 is 0 Å². The van der Waals surface area contributed by atoms with Gasteiger partial charge in [0.15, 0.2) is 0 Å². The summed E-state index contributed by atoms with van der Waals surface area (Å²) in [7, 11) is -1.39. The lowest BCUT2D eigenvalue weighted by Gasteiger charge is -2.32. The van der Waals surface area contributed by atoms with Crippen molar-refractivity contribution < 1.29 is 8.42 Å². The third kappa shape index (κ3) is 4.16. The van der Waals surface area contributed by atoms with E-state index in [1.165, 1.54) is 0 Å². The molecule has 0 bridgehead atoms. The fraction of sp³-hybridized carbons (Fsp3) is 1.00. The first-order valence-corrected chi connectivity index (χ1v) is 9.18. The molecular weight excluding hydrogens is 274 g/mol. The van der Waals surface area contributed by atoms with Crippen molar-refractivity contribution in [3.63, 3.8) is 0 Å². The maximum absolute atomic E-state index is 12.5. The Morgan fingerprint density at radius 1 is 1.30 bits per heavy atom. The van der Waals surface area contributed by atoms with E-state index in [1.807, 2.05) is 7.05 Å². The summed E-state index contributed by atoms with van der Waals surface area (Å²) < 4.78 is 29.6. The zero-order valence-corrected chi connectivity index (χ0v) is 13.8. The third-order valence-corrected chi connectivity index (χ3v) is 6.24. The predicted molar refractivity (Wildman–Crippen MR) is 81.7 cm³/mol. The summed E-state index contributed by atoms with van der Waals surface area (Å²) in [6, 6.07) is 0.111. The van der Waals surface area contributed by atoms with Gasteiger partial charge < -0.3 is 5.32 Å². The Morgan fingerprint density at radius 2 is 2.05 bits per heavy atom. The third-order valence-electron chi connectivity index (χ3n) is 4.60. The van der Waals surface area contributed by atoms with Gasteiger partial charge in [-0.2, -0.15) is 17.4 Å². The molecule has 118 valence electrons. The highest BCUT2D eigenvalue weighted by Crippen LogP contribution is 2.37. The molecule has 0 spiro atoms. The molecule has 1 heterocycles. The second-order valence-electron chi connectivity index (χ2n) is 7.15. The molecule has 2 unspecified atom stereocenters. The smallest absolute Gasteiger partial charge is 0.279 e. The van der Waals surface area contributed by atoms with Gasteiger partial charge in [0.25, 0.3) is 10.2 Å². The van der Waals surface area contributed by atoms with E-state index in [0.717, 1.165) is 38.6 Å². The van der Waals surface area contributed by atoms with Crippen LogP contribution in [0.4, 0.5) is 0 Å². The van der Waals surface area contributed by atoms with Crippen LogP contribution in [0.25, 0.3) is 0 Å². The van der Waals surface area contributed by atoms with Crippen LogP contribution in [0.5, 0.6) is 0 Å². The van der Waals surface area contributed by atoms with Crippen molar-refractivity contribution in [3.8, 4) is 0 Å². The highest BCUT2D eigenvalue weighted by atomic mass is 32.2. The molecule has 2 N–H and O–H groups in total. The van der Waals surface area contributed by atoms with Gasteiger partial charge in [-0.05, 0) is 57.0 Å². The van der Waals surface area contributed by atoms with E-state index in [0.29, 0.717) is 19.0 Å². The van der Waals surface area contributed by atoms with E-state index in [4.69, 9.17) is 0 Å². The summed E-state index contributed by atoms with van der Waals surface area (Å²) in [5, 5.41) is 3.15. The van der Waals surface area contributed by atoms with Gasteiger partial charge in [0.1, 0.15) is 0 Å². The number of hydrogen-bond acceptors (Lipinski definition) is 3. The number of rotatable bonds is 5. The standard InChI is InChI=1S/C14H29N3O2S/c1-14(2)7-6-13(9-14)16-20(18,19)17-8-4-5-12(11-17)10-15-3/h12-13,15-16H,4-11H2,1-3H3. The van der Waals surface area contributed by atoms with E-state index in [1.54, 1.807) is 4.31 Å². The van der Waals surface area contributed by atoms with E-state index in [9.17, 15) is 8.42 Å². The Kier molecular flexibility index (Phi) is 5.10. The molecule has 0 aromatic rings. The summed E-state index contributed by atoms with van der Waals surface area (Å²) in [6.07, 6.45) is 5.08. The first-order valence-electron chi connectivity index (χ1n) is 7.74. The average Bonchev–Trinajstić information content (AvgIpc) is 2.69. The summed E-state index contributed by atoms with van der Waals surface area (Å²) in [5.74, 6) is 0.436. The fourth-order valence-electron chi connectivity index (χ4n) is 3.52. The highest BCUT2D eigenvalue weighted by molar-refractivity contribution is 7.87. The van der Waals surface area contributed by atoms with Gasteiger partial charge in [0, 0.05) is 19.1 Å². The molecule has 1 aliphatic heterocycles. The topological polar surface area (TPSA) is 61.4 Å². The minimum Gasteiger partial charge on any atom is -0.319 e. The van der Waals surface area contributed by atoms with Gasteiger partial charge in [0.05, 0.1) is 0 Å². The average molecular weight is 303 g/mol. The van der Waals surface area contributed by atoms with E-state index < -0.39 is 10.2 Å². The van der Waals surface area contributed by atoms with Crippen LogP contribution >= 0.6 is 0 Å². The molecule has 2 aliphatic rings. The molecule has 1 saturated heterocycles. The molecule has 20 heavy (non-hydrogen) atoms. The zero-order chi connectivity index (χ0) is 14.8. The summed E-state index contributed by atoms with van der Waals surface area (Å²) in [4.78, 5) is 0. The molecule has 1 saturated carbocycles. The van der Waals surface area contributed by atoms with Crippen LogP contribution in [0.2, 0.25) is 0 Å². The second kappa shape index (κ2) is 6.30. The van der Waals surface area contributed by atoms with E-state index in [-0.39, 0.29) is 11.5 Å². The minimum absolute atomic E-state index is 0.111. The van der Waals surface area contributed by atoms with Crippen LogP contribution in [0.1, 0.15) is 46.0 Å². The Morgan fingerprint density at radius 3 is 2.65 bits per heavy atom. The molecule has 2 fully saturated rings. The van der Waals surface area contributed by atoms with Crippen LogP contribution in [0, 0.1) is 11.3 Å². The molecule has 0 radical (unpaired) electrons. The molecule has 0 aromatic heterocycles. The van der Waals surface area contributed by atoms with Crippen molar-refractivity contribution in [1.82, 2.24) is 14.3 Å². The number of nitrogens with zero attached hydrogens (tertiary/aromatic N) is 1. The first kappa shape index (κ1) is 16.2. The van der Waals surface area contributed by atoms with Crippen molar-refractivity contribution in [2.24, 2.45) is 11.3 Å². The molecule has 0 amide bonds. The van der Waals surface area contributed by atoms with Gasteiger partial charge in [-0.3, -0.25) is 0 Å². The van der Waals surface area contributed by atoms with Crippen LogP contribution < -0.4 is 10.0 Å². The Bertz CT molecular complexity index is 420.